The van der Waals surface area contributed by atoms with E-state index in [9.17, 15) is 4.79 Å². The maximum Gasteiger partial charge on any atom is 0.198 e. The van der Waals surface area contributed by atoms with Crippen LogP contribution >= 0.6 is 11.3 Å². The van der Waals surface area contributed by atoms with Crippen molar-refractivity contribution in [3.05, 3.63) is 21.9 Å². The van der Waals surface area contributed by atoms with Crippen molar-refractivity contribution in [3.63, 3.8) is 0 Å². The molecule has 3 heteroatoms. The first kappa shape index (κ1) is 12.8. The SMILES string of the molecule is Cc1ccc(C(=O)COCC2CCCCC2)s1. The van der Waals surface area contributed by atoms with E-state index in [2.05, 4.69) is 0 Å². The molecule has 0 N–H and O–H groups in total. The first-order valence-electron chi connectivity index (χ1n) is 6.43. The highest BCUT2D eigenvalue weighted by atomic mass is 32.1. The molecule has 0 spiro atoms. The molecule has 1 aliphatic rings. The third-order valence-corrected chi connectivity index (χ3v) is 4.37. The van der Waals surface area contributed by atoms with Gasteiger partial charge in [-0.1, -0.05) is 19.3 Å². The van der Waals surface area contributed by atoms with E-state index in [0.717, 1.165) is 11.5 Å². The van der Waals surface area contributed by atoms with Gasteiger partial charge < -0.3 is 4.74 Å². The first-order valence-corrected chi connectivity index (χ1v) is 7.25. The molecule has 0 amide bonds. The summed E-state index contributed by atoms with van der Waals surface area (Å²) in [6, 6.07) is 3.88. The highest BCUT2D eigenvalue weighted by Crippen LogP contribution is 2.23. The van der Waals surface area contributed by atoms with Crippen molar-refractivity contribution < 1.29 is 9.53 Å². The second-order valence-corrected chi connectivity index (χ2v) is 6.14. The van der Waals surface area contributed by atoms with Crippen LogP contribution in [-0.4, -0.2) is 19.0 Å². The molecule has 17 heavy (non-hydrogen) atoms. The van der Waals surface area contributed by atoms with Gasteiger partial charge >= 0.3 is 0 Å². The van der Waals surface area contributed by atoms with Crippen LogP contribution in [0.15, 0.2) is 12.1 Å². The normalized spacial score (nSPS) is 17.2. The average molecular weight is 252 g/mol. The summed E-state index contributed by atoms with van der Waals surface area (Å²) >= 11 is 1.55. The molecule has 1 heterocycles. The second kappa shape index (κ2) is 6.31. The van der Waals surface area contributed by atoms with E-state index in [-0.39, 0.29) is 12.4 Å². The van der Waals surface area contributed by atoms with Gasteiger partial charge in [-0.15, -0.1) is 11.3 Å². The number of rotatable bonds is 5. The highest BCUT2D eigenvalue weighted by molar-refractivity contribution is 7.14. The number of thiophene rings is 1. The Balaban J connectivity index is 1.69. The van der Waals surface area contributed by atoms with Crippen LogP contribution < -0.4 is 0 Å². The smallest absolute Gasteiger partial charge is 0.198 e. The number of Topliss-reactive ketones (excluding diaryl/α,β-unsaturated/α-hetero) is 1. The van der Waals surface area contributed by atoms with Crippen molar-refractivity contribution >= 4 is 17.1 Å². The molecular weight excluding hydrogens is 232 g/mol. The van der Waals surface area contributed by atoms with Gasteiger partial charge in [-0.25, -0.2) is 0 Å². The molecule has 0 saturated heterocycles. The van der Waals surface area contributed by atoms with Crippen molar-refractivity contribution in [2.75, 3.05) is 13.2 Å². The Labute approximate surface area is 107 Å². The first-order chi connectivity index (χ1) is 8.25. The van der Waals surface area contributed by atoms with E-state index >= 15 is 0 Å². The van der Waals surface area contributed by atoms with Crippen LogP contribution in [0.4, 0.5) is 0 Å². The monoisotopic (exact) mass is 252 g/mol. The van der Waals surface area contributed by atoms with Gasteiger partial charge in [-0.3, -0.25) is 4.79 Å². The summed E-state index contributed by atoms with van der Waals surface area (Å²) in [5.74, 6) is 0.806. The average Bonchev–Trinajstić information content (AvgIpc) is 2.77. The molecule has 0 atom stereocenters. The minimum Gasteiger partial charge on any atom is -0.373 e. The van der Waals surface area contributed by atoms with Crippen molar-refractivity contribution in [2.24, 2.45) is 5.92 Å². The number of carbonyl (C=O) groups is 1. The Hall–Kier alpha value is -0.670. The van der Waals surface area contributed by atoms with Crippen molar-refractivity contribution in [1.29, 1.82) is 0 Å². The Bertz CT molecular complexity index is 364. The van der Waals surface area contributed by atoms with Crippen LogP contribution in [0.3, 0.4) is 0 Å². The molecule has 1 aliphatic carbocycles. The summed E-state index contributed by atoms with van der Waals surface area (Å²) in [5, 5.41) is 0. The molecule has 2 rings (SSSR count). The summed E-state index contributed by atoms with van der Waals surface area (Å²) in [5.41, 5.74) is 0. The quantitative estimate of drug-likeness (QED) is 0.744. The van der Waals surface area contributed by atoms with Gasteiger partial charge in [0, 0.05) is 4.88 Å². The third-order valence-electron chi connectivity index (χ3n) is 3.33. The molecule has 0 unspecified atom stereocenters. The fraction of sp³-hybridized carbons (Fsp3) is 0.643. The van der Waals surface area contributed by atoms with Crippen LogP contribution in [0.1, 0.15) is 46.7 Å². The van der Waals surface area contributed by atoms with E-state index in [1.54, 1.807) is 11.3 Å². The second-order valence-electron chi connectivity index (χ2n) is 4.85. The summed E-state index contributed by atoms with van der Waals surface area (Å²) in [7, 11) is 0. The molecule has 0 aromatic carbocycles. The van der Waals surface area contributed by atoms with E-state index < -0.39 is 0 Å². The molecule has 94 valence electrons. The van der Waals surface area contributed by atoms with Crippen molar-refractivity contribution in [1.82, 2.24) is 0 Å². The van der Waals surface area contributed by atoms with Gasteiger partial charge in [-0.05, 0) is 37.8 Å². The zero-order valence-corrected chi connectivity index (χ0v) is 11.2. The molecule has 1 saturated carbocycles. The molecule has 0 radical (unpaired) electrons. The number of ether oxygens (including phenoxy) is 1. The number of hydrogen-bond acceptors (Lipinski definition) is 3. The number of ketones is 1. The third kappa shape index (κ3) is 3.93. The van der Waals surface area contributed by atoms with Gasteiger partial charge in [0.1, 0.15) is 6.61 Å². The summed E-state index contributed by atoms with van der Waals surface area (Å²) < 4.78 is 5.56. The molecule has 1 aromatic heterocycles. The van der Waals surface area contributed by atoms with E-state index in [4.69, 9.17) is 4.74 Å². The van der Waals surface area contributed by atoms with Gasteiger partial charge in [-0.2, -0.15) is 0 Å². The predicted molar refractivity (Wildman–Crippen MR) is 70.8 cm³/mol. The summed E-state index contributed by atoms with van der Waals surface area (Å²) in [6.07, 6.45) is 6.56. The zero-order valence-electron chi connectivity index (χ0n) is 10.4. The maximum atomic E-state index is 11.8. The topological polar surface area (TPSA) is 26.3 Å². The van der Waals surface area contributed by atoms with Crippen LogP contribution in [0.2, 0.25) is 0 Å². The maximum absolute atomic E-state index is 11.8. The lowest BCUT2D eigenvalue weighted by molar-refractivity contribution is 0.0632. The van der Waals surface area contributed by atoms with Crippen LogP contribution in [0.5, 0.6) is 0 Å². The molecule has 1 fully saturated rings. The predicted octanol–water partition coefficient (Wildman–Crippen LogP) is 3.84. The lowest BCUT2D eigenvalue weighted by Gasteiger charge is -2.20. The molecule has 0 bridgehead atoms. The van der Waals surface area contributed by atoms with Gasteiger partial charge in [0.25, 0.3) is 0 Å². The Kier molecular flexibility index (Phi) is 4.75. The van der Waals surface area contributed by atoms with Crippen molar-refractivity contribution in [3.8, 4) is 0 Å². The lowest BCUT2D eigenvalue weighted by Crippen LogP contribution is -2.16. The van der Waals surface area contributed by atoms with Crippen molar-refractivity contribution in [2.45, 2.75) is 39.0 Å². The standard InChI is InChI=1S/C14H20O2S/c1-11-7-8-14(17-11)13(15)10-16-9-12-5-3-2-4-6-12/h7-8,12H,2-6,9-10H2,1H3. The number of hydrogen-bond donors (Lipinski definition) is 0. The van der Waals surface area contributed by atoms with Gasteiger partial charge in [0.2, 0.25) is 0 Å². The van der Waals surface area contributed by atoms with Crippen LogP contribution in [0, 0.1) is 12.8 Å². The van der Waals surface area contributed by atoms with Gasteiger partial charge in [0.05, 0.1) is 11.5 Å². The zero-order chi connectivity index (χ0) is 12.1. The molecule has 0 aliphatic heterocycles. The Morgan fingerprint density at radius 2 is 2.12 bits per heavy atom. The highest BCUT2D eigenvalue weighted by Gasteiger charge is 2.14. The van der Waals surface area contributed by atoms with E-state index in [1.165, 1.54) is 37.0 Å². The molecular formula is C14H20O2S. The number of aryl methyl sites for hydroxylation is 1. The molecule has 1 aromatic rings. The largest absolute Gasteiger partial charge is 0.373 e. The summed E-state index contributed by atoms with van der Waals surface area (Å²) in [4.78, 5) is 13.8. The molecule has 2 nitrogen and oxygen atoms in total. The van der Waals surface area contributed by atoms with E-state index in [0.29, 0.717) is 5.92 Å². The Morgan fingerprint density at radius 1 is 1.35 bits per heavy atom. The number of carbonyl (C=O) groups excluding carboxylic acids is 1. The van der Waals surface area contributed by atoms with E-state index in [1.807, 2.05) is 19.1 Å². The fourth-order valence-corrected chi connectivity index (χ4v) is 3.12. The Morgan fingerprint density at radius 3 is 2.76 bits per heavy atom. The minimum absolute atomic E-state index is 0.124. The minimum atomic E-state index is 0.124. The summed E-state index contributed by atoms with van der Waals surface area (Å²) in [6.45, 7) is 3.02. The fourth-order valence-electron chi connectivity index (χ4n) is 2.33. The van der Waals surface area contributed by atoms with Crippen LogP contribution in [-0.2, 0) is 4.74 Å². The van der Waals surface area contributed by atoms with Gasteiger partial charge in [0.15, 0.2) is 5.78 Å². The van der Waals surface area contributed by atoms with Crippen LogP contribution in [0.25, 0.3) is 0 Å². The lowest BCUT2D eigenvalue weighted by atomic mass is 9.90.